The molecule has 1 amide bonds. The molecule has 0 fully saturated rings. The third kappa shape index (κ3) is 6.85. The van der Waals surface area contributed by atoms with Gasteiger partial charge in [-0.25, -0.2) is 5.43 Å². The summed E-state index contributed by atoms with van der Waals surface area (Å²) in [6.07, 6.45) is 1.58. The van der Waals surface area contributed by atoms with Gasteiger partial charge < -0.3 is 9.47 Å². The Morgan fingerprint density at radius 2 is 1.67 bits per heavy atom. The normalized spacial score (nSPS) is 10.8. The summed E-state index contributed by atoms with van der Waals surface area (Å²) in [5.74, 6) is 0.904. The van der Waals surface area contributed by atoms with Crippen molar-refractivity contribution < 1.29 is 14.3 Å². The highest BCUT2D eigenvalue weighted by atomic mass is 127. The van der Waals surface area contributed by atoms with Gasteiger partial charge in [0.1, 0.15) is 18.1 Å². The number of para-hydroxylation sites is 1. The van der Waals surface area contributed by atoms with E-state index in [1.54, 1.807) is 30.5 Å². The van der Waals surface area contributed by atoms with E-state index in [2.05, 4.69) is 55.7 Å². The topological polar surface area (TPSA) is 59.9 Å². The minimum absolute atomic E-state index is 0.178. The van der Waals surface area contributed by atoms with E-state index in [0.717, 1.165) is 24.0 Å². The average molecular weight is 647 g/mol. The Bertz CT molecular complexity index is 1020. The maximum atomic E-state index is 11.9. The molecule has 0 aromatic heterocycles. The number of benzene rings is 3. The van der Waals surface area contributed by atoms with E-state index >= 15 is 0 Å². The maximum absolute atomic E-state index is 11.9. The lowest BCUT2D eigenvalue weighted by atomic mass is 10.2. The molecular formula is C22H17ClI2N2O3. The molecule has 3 rings (SSSR count). The molecule has 0 bridgehead atoms. The van der Waals surface area contributed by atoms with Gasteiger partial charge in [-0.1, -0.05) is 54.1 Å². The van der Waals surface area contributed by atoms with Gasteiger partial charge in [0, 0.05) is 0 Å². The molecular weight excluding hydrogens is 630 g/mol. The number of amides is 1. The second-order valence-electron chi connectivity index (χ2n) is 6.10. The summed E-state index contributed by atoms with van der Waals surface area (Å²) < 4.78 is 13.3. The molecule has 8 heteroatoms. The maximum Gasteiger partial charge on any atom is 0.277 e. The molecule has 0 radical (unpaired) electrons. The van der Waals surface area contributed by atoms with Crippen LogP contribution in [0.4, 0.5) is 0 Å². The van der Waals surface area contributed by atoms with Crippen LogP contribution < -0.4 is 14.9 Å². The van der Waals surface area contributed by atoms with Crippen molar-refractivity contribution in [3.05, 3.63) is 90.0 Å². The van der Waals surface area contributed by atoms with Gasteiger partial charge in [-0.3, -0.25) is 4.79 Å². The van der Waals surface area contributed by atoms with Crippen molar-refractivity contribution in [3.8, 4) is 11.5 Å². The molecule has 1 N–H and O–H groups in total. The van der Waals surface area contributed by atoms with Crippen molar-refractivity contribution in [2.75, 3.05) is 6.61 Å². The van der Waals surface area contributed by atoms with Crippen LogP contribution in [0.2, 0.25) is 5.02 Å². The molecule has 0 aliphatic rings. The van der Waals surface area contributed by atoms with Gasteiger partial charge >= 0.3 is 0 Å². The Kier molecular flexibility index (Phi) is 8.76. The lowest BCUT2D eigenvalue weighted by molar-refractivity contribution is -0.123. The Morgan fingerprint density at radius 1 is 1.00 bits per heavy atom. The van der Waals surface area contributed by atoms with Crippen LogP contribution in [0.3, 0.4) is 0 Å². The van der Waals surface area contributed by atoms with Gasteiger partial charge in [-0.15, -0.1) is 0 Å². The zero-order chi connectivity index (χ0) is 21.3. The second-order valence-corrected chi connectivity index (χ2v) is 8.83. The van der Waals surface area contributed by atoms with Crippen molar-refractivity contribution in [1.82, 2.24) is 5.43 Å². The predicted octanol–water partition coefficient (Wildman–Crippen LogP) is 5.66. The van der Waals surface area contributed by atoms with Gasteiger partial charge in [-0.05, 0) is 80.6 Å². The molecule has 3 aromatic rings. The van der Waals surface area contributed by atoms with E-state index in [1.807, 2.05) is 42.5 Å². The molecule has 154 valence electrons. The Balaban J connectivity index is 1.54. The fourth-order valence-electron chi connectivity index (χ4n) is 2.44. The smallest absolute Gasteiger partial charge is 0.277 e. The highest BCUT2D eigenvalue weighted by Crippen LogP contribution is 2.29. The molecule has 0 spiro atoms. The average Bonchev–Trinajstić information content (AvgIpc) is 2.73. The van der Waals surface area contributed by atoms with Crippen LogP contribution in [0, 0.1) is 7.14 Å². The number of nitrogens with one attached hydrogen (secondary N) is 1. The third-order valence-electron chi connectivity index (χ3n) is 3.84. The van der Waals surface area contributed by atoms with E-state index in [9.17, 15) is 4.79 Å². The highest BCUT2D eigenvalue weighted by Gasteiger charge is 2.09. The fraction of sp³-hybridized carbons (Fsp3) is 0.0909. The van der Waals surface area contributed by atoms with Crippen LogP contribution in [0.15, 0.2) is 71.8 Å². The van der Waals surface area contributed by atoms with Crippen LogP contribution in [-0.4, -0.2) is 18.7 Å². The summed E-state index contributed by atoms with van der Waals surface area (Å²) in [7, 11) is 0. The van der Waals surface area contributed by atoms with Crippen molar-refractivity contribution in [1.29, 1.82) is 0 Å². The summed E-state index contributed by atoms with van der Waals surface area (Å²) in [5, 5.41) is 4.45. The molecule has 0 aliphatic heterocycles. The molecule has 0 unspecified atom stereocenters. The minimum atomic E-state index is -0.377. The number of halogens is 3. The van der Waals surface area contributed by atoms with Gasteiger partial charge in [-0.2, -0.15) is 5.10 Å². The molecule has 0 heterocycles. The van der Waals surface area contributed by atoms with E-state index in [4.69, 9.17) is 21.1 Å². The van der Waals surface area contributed by atoms with Crippen LogP contribution >= 0.6 is 56.8 Å². The first-order valence-electron chi connectivity index (χ1n) is 8.88. The summed E-state index contributed by atoms with van der Waals surface area (Å²) >= 11 is 10.5. The number of ether oxygens (including phenoxy) is 2. The first-order valence-corrected chi connectivity index (χ1v) is 11.4. The summed E-state index contributed by atoms with van der Waals surface area (Å²) in [4.78, 5) is 11.9. The van der Waals surface area contributed by atoms with Crippen LogP contribution in [0.5, 0.6) is 11.5 Å². The SMILES string of the molecule is O=C(COc1ccccc1Cl)N/N=C\c1cc(I)c(OCc2ccccc2)c(I)c1. The number of hydrazone groups is 1. The number of carbonyl (C=O) groups is 1. The summed E-state index contributed by atoms with van der Waals surface area (Å²) in [5.41, 5.74) is 4.41. The Morgan fingerprint density at radius 3 is 2.37 bits per heavy atom. The quantitative estimate of drug-likeness (QED) is 0.195. The zero-order valence-corrected chi connectivity index (χ0v) is 20.7. The molecule has 0 saturated heterocycles. The van der Waals surface area contributed by atoms with Gasteiger partial charge in [0.25, 0.3) is 5.91 Å². The monoisotopic (exact) mass is 646 g/mol. The van der Waals surface area contributed by atoms with Crippen LogP contribution in [-0.2, 0) is 11.4 Å². The largest absolute Gasteiger partial charge is 0.487 e. The molecule has 3 aromatic carbocycles. The fourth-order valence-corrected chi connectivity index (χ4v) is 4.76. The minimum Gasteiger partial charge on any atom is -0.487 e. The van der Waals surface area contributed by atoms with E-state index in [-0.39, 0.29) is 12.5 Å². The van der Waals surface area contributed by atoms with Crippen molar-refractivity contribution >= 4 is 68.9 Å². The second kappa shape index (κ2) is 11.5. The Hall–Kier alpha value is -1.85. The van der Waals surface area contributed by atoms with Crippen molar-refractivity contribution in [2.24, 2.45) is 5.10 Å². The number of rotatable bonds is 8. The first kappa shape index (κ1) is 22.8. The number of hydrogen-bond donors (Lipinski definition) is 1. The molecule has 5 nitrogen and oxygen atoms in total. The van der Waals surface area contributed by atoms with Crippen molar-refractivity contribution in [2.45, 2.75) is 6.61 Å². The number of hydrogen-bond acceptors (Lipinski definition) is 4. The lowest BCUT2D eigenvalue weighted by Gasteiger charge is -2.11. The predicted molar refractivity (Wildman–Crippen MR) is 135 cm³/mol. The number of carbonyl (C=O) groups excluding carboxylic acids is 1. The van der Waals surface area contributed by atoms with E-state index < -0.39 is 0 Å². The third-order valence-corrected chi connectivity index (χ3v) is 5.76. The molecule has 0 saturated carbocycles. The molecule has 0 aliphatic carbocycles. The highest BCUT2D eigenvalue weighted by molar-refractivity contribution is 14.1. The molecule has 30 heavy (non-hydrogen) atoms. The first-order chi connectivity index (χ1) is 14.5. The van der Waals surface area contributed by atoms with Gasteiger partial charge in [0.05, 0.1) is 18.4 Å². The zero-order valence-electron chi connectivity index (χ0n) is 15.6. The lowest BCUT2D eigenvalue weighted by Crippen LogP contribution is -2.24. The van der Waals surface area contributed by atoms with Crippen LogP contribution in [0.1, 0.15) is 11.1 Å². The Labute approximate surface area is 207 Å². The van der Waals surface area contributed by atoms with Gasteiger partial charge in [0.2, 0.25) is 0 Å². The number of nitrogens with zero attached hydrogens (tertiary/aromatic N) is 1. The molecule has 0 atom stereocenters. The summed E-state index contributed by atoms with van der Waals surface area (Å²) in [6.45, 7) is 0.324. The van der Waals surface area contributed by atoms with Crippen molar-refractivity contribution in [3.63, 3.8) is 0 Å². The van der Waals surface area contributed by atoms with E-state index in [1.165, 1.54) is 0 Å². The summed E-state index contributed by atoms with van der Waals surface area (Å²) in [6, 6.07) is 20.9. The van der Waals surface area contributed by atoms with Gasteiger partial charge in [0.15, 0.2) is 6.61 Å². The van der Waals surface area contributed by atoms with E-state index in [0.29, 0.717) is 17.4 Å². The van der Waals surface area contributed by atoms with Crippen LogP contribution in [0.25, 0.3) is 0 Å². The standard InChI is InChI=1S/C22H17ClI2N2O3/c23-17-8-4-5-9-20(17)29-14-21(28)27-26-12-16-10-18(24)22(19(25)11-16)30-13-15-6-2-1-3-7-15/h1-12H,13-14H2,(H,27,28)/b26-12-.